The van der Waals surface area contributed by atoms with E-state index in [2.05, 4.69) is 21.7 Å². The molecule has 0 radical (unpaired) electrons. The van der Waals surface area contributed by atoms with Gasteiger partial charge in [-0.2, -0.15) is 10.5 Å². The molecule has 0 saturated carbocycles. The van der Waals surface area contributed by atoms with Crippen LogP contribution in [0.4, 0.5) is 5.69 Å². The van der Waals surface area contributed by atoms with Gasteiger partial charge in [-0.15, -0.1) is 0 Å². The molecular formula is C21H21N5O2. The Morgan fingerprint density at radius 2 is 2.00 bits per heavy atom. The lowest BCUT2D eigenvalue weighted by Gasteiger charge is -2.40. The monoisotopic (exact) mass is 375 g/mol. The minimum Gasteiger partial charge on any atom is -0.485 e. The second-order valence-corrected chi connectivity index (χ2v) is 7.17. The topological polar surface area (TPSA) is 113 Å². The average molecular weight is 375 g/mol. The summed E-state index contributed by atoms with van der Waals surface area (Å²) in [6.45, 7) is 5.50. The number of nitrogens with zero attached hydrogens (tertiary/aromatic N) is 3. The summed E-state index contributed by atoms with van der Waals surface area (Å²) in [4.78, 5) is 4.58. The average Bonchev–Trinajstić information content (AvgIpc) is 2.65. The standard InChI is InChI=1S/C21H21N5O2/c1-13-5-4-6-15(9-13)25-20(24-12-23)26-18-16-10-14(11-22)7-8-17(16)28-21(2,3)19(18)27/h4-10,18-19,27H,1-3H3,(H2,24,25,26)/t18-,19+/m0/s1. The lowest BCUT2D eigenvalue weighted by Crippen LogP contribution is -2.49. The Morgan fingerprint density at radius 3 is 2.68 bits per heavy atom. The van der Waals surface area contributed by atoms with Crippen molar-refractivity contribution < 1.29 is 9.84 Å². The van der Waals surface area contributed by atoms with Gasteiger partial charge < -0.3 is 15.2 Å². The van der Waals surface area contributed by atoms with Crippen LogP contribution in [0.25, 0.3) is 0 Å². The van der Waals surface area contributed by atoms with Gasteiger partial charge in [0.05, 0.1) is 11.6 Å². The number of fused-ring (bicyclic) bond motifs is 1. The molecule has 2 aromatic carbocycles. The smallest absolute Gasteiger partial charge is 0.209 e. The lowest BCUT2D eigenvalue weighted by atomic mass is 9.86. The molecule has 1 aliphatic heterocycles. The largest absolute Gasteiger partial charge is 0.485 e. The Hall–Kier alpha value is -3.55. The van der Waals surface area contributed by atoms with Gasteiger partial charge >= 0.3 is 0 Å². The second kappa shape index (κ2) is 7.59. The fourth-order valence-electron chi connectivity index (χ4n) is 3.12. The molecule has 0 aliphatic carbocycles. The number of ether oxygens (including phenoxy) is 1. The highest BCUT2D eigenvalue weighted by Crippen LogP contribution is 2.42. The molecule has 0 aromatic heterocycles. The number of rotatable bonds is 2. The van der Waals surface area contributed by atoms with Crippen LogP contribution >= 0.6 is 0 Å². The molecule has 0 bridgehead atoms. The summed E-state index contributed by atoms with van der Waals surface area (Å²) in [5, 5.41) is 34.8. The van der Waals surface area contributed by atoms with Crippen LogP contribution in [-0.2, 0) is 0 Å². The summed E-state index contributed by atoms with van der Waals surface area (Å²) in [5.74, 6) is 0.748. The molecule has 142 valence electrons. The zero-order chi connectivity index (χ0) is 20.3. The highest BCUT2D eigenvalue weighted by molar-refractivity contribution is 5.94. The van der Waals surface area contributed by atoms with Gasteiger partial charge in [-0.25, -0.2) is 4.99 Å². The molecule has 7 nitrogen and oxygen atoms in total. The summed E-state index contributed by atoms with van der Waals surface area (Å²) in [7, 11) is 0. The number of aliphatic hydroxyl groups is 1. The number of nitriles is 2. The minimum atomic E-state index is -0.983. The van der Waals surface area contributed by atoms with E-state index in [1.807, 2.05) is 37.4 Å². The molecule has 3 N–H and O–H groups in total. The van der Waals surface area contributed by atoms with Crippen molar-refractivity contribution in [2.45, 2.75) is 38.5 Å². The Bertz CT molecular complexity index is 1000. The van der Waals surface area contributed by atoms with Crippen LogP contribution < -0.4 is 15.4 Å². The number of hydrogen-bond acceptors (Lipinski definition) is 5. The van der Waals surface area contributed by atoms with Gasteiger partial charge in [0.1, 0.15) is 23.5 Å². The molecular weight excluding hydrogens is 354 g/mol. The highest BCUT2D eigenvalue weighted by atomic mass is 16.5. The maximum atomic E-state index is 10.9. The molecule has 7 heteroatoms. The quantitative estimate of drug-likeness (QED) is 0.322. The highest BCUT2D eigenvalue weighted by Gasteiger charge is 2.43. The maximum absolute atomic E-state index is 10.9. The summed E-state index contributed by atoms with van der Waals surface area (Å²) >= 11 is 0. The molecule has 0 saturated heterocycles. The number of aliphatic imine (C=N–C) groups is 1. The summed E-state index contributed by atoms with van der Waals surface area (Å²) in [6, 6.07) is 14.0. The van der Waals surface area contributed by atoms with Gasteiger partial charge in [-0.1, -0.05) is 12.1 Å². The fourth-order valence-corrected chi connectivity index (χ4v) is 3.12. The molecule has 0 spiro atoms. The minimum absolute atomic E-state index is 0.197. The van der Waals surface area contributed by atoms with Crippen molar-refractivity contribution in [2.24, 2.45) is 4.99 Å². The van der Waals surface area contributed by atoms with E-state index in [4.69, 9.17) is 10.00 Å². The lowest BCUT2D eigenvalue weighted by molar-refractivity contribution is -0.0567. The van der Waals surface area contributed by atoms with Gasteiger partial charge in [-0.3, -0.25) is 5.32 Å². The predicted octanol–water partition coefficient (Wildman–Crippen LogP) is 2.98. The molecule has 3 rings (SSSR count). The van der Waals surface area contributed by atoms with Crippen LogP contribution in [0, 0.1) is 29.7 Å². The predicted molar refractivity (Wildman–Crippen MR) is 106 cm³/mol. The molecule has 2 atom stereocenters. The van der Waals surface area contributed by atoms with Crippen molar-refractivity contribution in [1.29, 1.82) is 10.5 Å². The van der Waals surface area contributed by atoms with Crippen molar-refractivity contribution in [3.05, 3.63) is 59.2 Å². The number of hydrogen-bond donors (Lipinski definition) is 3. The number of aryl methyl sites for hydroxylation is 1. The SMILES string of the molecule is Cc1cccc(NC(=N[C@H]2c3cc(C#N)ccc3OC(C)(C)[C@@H]2O)NC#N)c1. The van der Waals surface area contributed by atoms with Gasteiger partial charge in [0.25, 0.3) is 0 Å². The molecule has 0 amide bonds. The van der Waals surface area contributed by atoms with Gasteiger partial charge in [0.15, 0.2) is 6.19 Å². The van der Waals surface area contributed by atoms with Gasteiger partial charge in [-0.05, 0) is 56.7 Å². The summed E-state index contributed by atoms with van der Waals surface area (Å²) in [5.41, 5.74) is 1.95. The first kappa shape index (κ1) is 19.2. The van der Waals surface area contributed by atoms with E-state index >= 15 is 0 Å². The Kier molecular flexibility index (Phi) is 5.21. The van der Waals surface area contributed by atoms with Gasteiger partial charge in [0.2, 0.25) is 5.96 Å². The van der Waals surface area contributed by atoms with Crippen molar-refractivity contribution in [2.75, 3.05) is 5.32 Å². The van der Waals surface area contributed by atoms with Crippen molar-refractivity contribution in [1.82, 2.24) is 5.32 Å². The van der Waals surface area contributed by atoms with Crippen molar-refractivity contribution >= 4 is 11.6 Å². The van der Waals surface area contributed by atoms with E-state index in [1.54, 1.807) is 32.0 Å². The van der Waals surface area contributed by atoms with E-state index < -0.39 is 17.7 Å². The zero-order valence-electron chi connectivity index (χ0n) is 15.9. The van der Waals surface area contributed by atoms with E-state index in [1.165, 1.54) is 0 Å². The number of aliphatic hydroxyl groups excluding tert-OH is 1. The van der Waals surface area contributed by atoms with Crippen LogP contribution in [0.15, 0.2) is 47.5 Å². The Balaban J connectivity index is 2.05. The molecule has 2 aromatic rings. The first-order valence-electron chi connectivity index (χ1n) is 8.82. The van der Waals surface area contributed by atoms with E-state index in [0.717, 1.165) is 11.3 Å². The van der Waals surface area contributed by atoms with Crippen molar-refractivity contribution in [3.63, 3.8) is 0 Å². The number of benzene rings is 2. The Labute approximate surface area is 163 Å². The zero-order valence-corrected chi connectivity index (χ0v) is 15.9. The number of guanidine groups is 1. The van der Waals surface area contributed by atoms with Crippen LogP contribution in [0.3, 0.4) is 0 Å². The van der Waals surface area contributed by atoms with Crippen LogP contribution in [0.1, 0.15) is 36.6 Å². The van der Waals surface area contributed by atoms with E-state index in [0.29, 0.717) is 16.9 Å². The van der Waals surface area contributed by atoms with Crippen LogP contribution in [0.2, 0.25) is 0 Å². The molecule has 1 aliphatic rings. The normalized spacial score (nSPS) is 20.1. The maximum Gasteiger partial charge on any atom is 0.209 e. The number of anilines is 1. The molecule has 28 heavy (non-hydrogen) atoms. The third-order valence-electron chi connectivity index (χ3n) is 4.57. The third kappa shape index (κ3) is 3.90. The van der Waals surface area contributed by atoms with Crippen molar-refractivity contribution in [3.8, 4) is 18.0 Å². The molecule has 0 fully saturated rings. The third-order valence-corrected chi connectivity index (χ3v) is 4.57. The van der Waals surface area contributed by atoms with Gasteiger partial charge in [0, 0.05) is 11.3 Å². The Morgan fingerprint density at radius 1 is 1.21 bits per heavy atom. The van der Waals surface area contributed by atoms with Crippen LogP contribution in [0.5, 0.6) is 5.75 Å². The first-order chi connectivity index (χ1) is 13.3. The summed E-state index contributed by atoms with van der Waals surface area (Å²) in [6.07, 6.45) is 0.883. The first-order valence-corrected chi connectivity index (χ1v) is 8.82. The second-order valence-electron chi connectivity index (χ2n) is 7.17. The molecule has 1 heterocycles. The summed E-state index contributed by atoms with van der Waals surface area (Å²) < 4.78 is 5.90. The van der Waals surface area contributed by atoms with E-state index in [-0.39, 0.29) is 5.96 Å². The van der Waals surface area contributed by atoms with Crippen LogP contribution in [-0.4, -0.2) is 22.8 Å². The molecule has 0 unspecified atom stereocenters. The number of nitrogens with one attached hydrogen (secondary N) is 2. The fraction of sp³-hybridized carbons (Fsp3) is 0.286. The van der Waals surface area contributed by atoms with E-state index in [9.17, 15) is 10.4 Å².